The van der Waals surface area contributed by atoms with Crippen molar-refractivity contribution in [3.8, 4) is 0 Å². The standard InChI is InChI=1S/C31H46N6O6S2/c1-30(2)12-23(30)27(39)37-18-31(19-37)17-36(29(41)25-13-32-20-44-25)16-24(31)28(40)35-10-9-34(14-21-7-5-4-6-8-21)22(15-35)11-26(38)33-45(3,42)43/h13,20-24H,4-12,14-19H2,1-3H3,(H,33,38)/t22?,23-,24+/m1/s1. The van der Waals surface area contributed by atoms with Gasteiger partial charge in [-0.3, -0.25) is 33.8 Å². The summed E-state index contributed by atoms with van der Waals surface area (Å²) in [7, 11) is -3.70. The number of amides is 4. The topological polar surface area (TPSA) is 140 Å². The van der Waals surface area contributed by atoms with E-state index in [1.165, 1.54) is 30.6 Å². The fraction of sp³-hybridized carbons (Fsp3) is 0.774. The van der Waals surface area contributed by atoms with E-state index in [0.717, 1.165) is 32.1 Å². The monoisotopic (exact) mass is 662 g/mol. The van der Waals surface area contributed by atoms with E-state index in [0.29, 0.717) is 50.1 Å². The Bertz CT molecular complexity index is 1420. The Morgan fingerprint density at radius 1 is 0.956 bits per heavy atom. The van der Waals surface area contributed by atoms with Crippen molar-refractivity contribution in [2.75, 3.05) is 58.6 Å². The van der Waals surface area contributed by atoms with Gasteiger partial charge in [-0.15, -0.1) is 11.3 Å². The molecule has 3 aliphatic heterocycles. The molecule has 5 fully saturated rings. The third kappa shape index (κ3) is 6.92. The van der Waals surface area contributed by atoms with Gasteiger partial charge in [-0.1, -0.05) is 33.1 Å². The number of sulfonamides is 1. The number of aromatic nitrogens is 1. The van der Waals surface area contributed by atoms with E-state index in [4.69, 9.17) is 0 Å². The van der Waals surface area contributed by atoms with Crippen molar-refractivity contribution >= 4 is 45.0 Å². The lowest BCUT2D eigenvalue weighted by Gasteiger charge is -2.52. The van der Waals surface area contributed by atoms with Crippen molar-refractivity contribution in [2.45, 2.75) is 64.8 Å². The Hall–Kier alpha value is -2.58. The average molecular weight is 663 g/mol. The molecule has 1 aromatic rings. The first-order valence-corrected chi connectivity index (χ1v) is 19.0. The maximum atomic E-state index is 14.4. The maximum Gasteiger partial charge on any atom is 0.265 e. The first-order valence-electron chi connectivity index (χ1n) is 16.2. The third-order valence-electron chi connectivity index (χ3n) is 10.9. The molecule has 6 rings (SSSR count). The van der Waals surface area contributed by atoms with Crippen LogP contribution in [0.25, 0.3) is 0 Å². The van der Waals surface area contributed by atoms with Crippen LogP contribution in [0.3, 0.4) is 0 Å². The number of piperazine rings is 1. The zero-order valence-electron chi connectivity index (χ0n) is 26.6. The number of nitrogens with zero attached hydrogens (tertiary/aromatic N) is 5. The summed E-state index contributed by atoms with van der Waals surface area (Å²) < 4.78 is 25.7. The summed E-state index contributed by atoms with van der Waals surface area (Å²) in [6.45, 7) is 8.02. The lowest BCUT2D eigenvalue weighted by Crippen LogP contribution is -2.66. The molecule has 1 N–H and O–H groups in total. The van der Waals surface area contributed by atoms with Gasteiger partial charge in [-0.2, -0.15) is 0 Å². The molecule has 1 unspecified atom stereocenters. The smallest absolute Gasteiger partial charge is 0.265 e. The van der Waals surface area contributed by atoms with Crippen LogP contribution < -0.4 is 4.72 Å². The molecule has 4 amide bonds. The highest BCUT2D eigenvalue weighted by molar-refractivity contribution is 7.89. The summed E-state index contributed by atoms with van der Waals surface area (Å²) >= 11 is 1.27. The Morgan fingerprint density at radius 2 is 1.62 bits per heavy atom. The molecule has 248 valence electrons. The van der Waals surface area contributed by atoms with Crippen LogP contribution in [0.4, 0.5) is 0 Å². The summed E-state index contributed by atoms with van der Waals surface area (Å²) in [5, 5.41) is 0. The normalized spacial score (nSPS) is 28.2. The van der Waals surface area contributed by atoms with Crippen LogP contribution in [0.15, 0.2) is 11.7 Å². The quantitative estimate of drug-likeness (QED) is 0.444. The molecule has 14 heteroatoms. The van der Waals surface area contributed by atoms with Gasteiger partial charge in [0.25, 0.3) is 5.91 Å². The van der Waals surface area contributed by atoms with Gasteiger partial charge in [0.15, 0.2) is 0 Å². The van der Waals surface area contributed by atoms with Gasteiger partial charge < -0.3 is 14.7 Å². The second-order valence-corrected chi connectivity index (χ2v) is 17.5. The molecule has 3 saturated heterocycles. The van der Waals surface area contributed by atoms with Crippen LogP contribution in [-0.2, 0) is 24.4 Å². The molecular weight excluding hydrogens is 617 g/mol. The van der Waals surface area contributed by atoms with Crippen LogP contribution in [0, 0.1) is 28.6 Å². The van der Waals surface area contributed by atoms with Crippen LogP contribution in [-0.4, -0.2) is 121 Å². The largest absolute Gasteiger partial charge is 0.341 e. The number of carbonyl (C=O) groups is 4. The van der Waals surface area contributed by atoms with Crippen LogP contribution in [0.5, 0.6) is 0 Å². The number of rotatable bonds is 8. The molecule has 5 aliphatic rings. The highest BCUT2D eigenvalue weighted by Gasteiger charge is 2.62. The minimum absolute atomic E-state index is 0.00855. The maximum absolute atomic E-state index is 14.4. The van der Waals surface area contributed by atoms with Crippen LogP contribution in [0.1, 0.15) is 68.5 Å². The molecule has 3 atom stereocenters. The Kier molecular flexibility index (Phi) is 8.79. The molecule has 4 heterocycles. The fourth-order valence-electron chi connectivity index (χ4n) is 8.15. The van der Waals surface area contributed by atoms with Gasteiger partial charge in [0.05, 0.1) is 23.9 Å². The number of thiazole rings is 1. The third-order valence-corrected chi connectivity index (χ3v) is 12.2. The highest BCUT2D eigenvalue weighted by atomic mass is 32.2. The van der Waals surface area contributed by atoms with Crippen molar-refractivity contribution in [1.82, 2.24) is 29.3 Å². The summed E-state index contributed by atoms with van der Waals surface area (Å²) in [6.07, 6.45) is 9.29. The first-order chi connectivity index (χ1) is 21.2. The Balaban J connectivity index is 1.19. The molecule has 1 aromatic heterocycles. The number of likely N-dealkylation sites (tertiary alicyclic amines) is 2. The molecular formula is C31H46N6O6S2. The zero-order valence-corrected chi connectivity index (χ0v) is 28.2. The van der Waals surface area contributed by atoms with Crippen molar-refractivity contribution < 1.29 is 27.6 Å². The fourth-order valence-corrected chi connectivity index (χ4v) is 9.24. The molecule has 1 spiro atoms. The summed E-state index contributed by atoms with van der Waals surface area (Å²) in [6, 6.07) is -0.310. The van der Waals surface area contributed by atoms with Crippen molar-refractivity contribution in [3.63, 3.8) is 0 Å². The van der Waals surface area contributed by atoms with E-state index in [-0.39, 0.29) is 48.1 Å². The average Bonchev–Trinajstić information content (AvgIpc) is 3.32. The lowest BCUT2D eigenvalue weighted by atomic mass is 9.70. The van der Waals surface area contributed by atoms with Crippen molar-refractivity contribution in [1.29, 1.82) is 0 Å². The molecule has 0 bridgehead atoms. The predicted octanol–water partition coefficient (Wildman–Crippen LogP) is 1.65. The van der Waals surface area contributed by atoms with Crippen LogP contribution >= 0.6 is 11.3 Å². The molecule has 2 saturated carbocycles. The van der Waals surface area contributed by atoms with Gasteiger partial charge in [0.1, 0.15) is 4.88 Å². The molecule has 2 aliphatic carbocycles. The van der Waals surface area contributed by atoms with Crippen molar-refractivity contribution in [2.24, 2.45) is 28.6 Å². The number of hydrogen-bond acceptors (Lipinski definition) is 9. The SMILES string of the molecule is CC1(C)C[C@@H]1C(=O)N1CC2(CN(C(=O)c3cncs3)C[C@H]2C(=O)N2CCN(CC3CCCCC3)C(CC(=O)NS(C)(=O)=O)C2)C1. The zero-order chi connectivity index (χ0) is 32.1. The van der Waals surface area contributed by atoms with Gasteiger partial charge in [-0.25, -0.2) is 8.42 Å². The van der Waals surface area contributed by atoms with Crippen LogP contribution in [0.2, 0.25) is 0 Å². The van der Waals surface area contributed by atoms with E-state index in [1.54, 1.807) is 16.6 Å². The van der Waals surface area contributed by atoms with Crippen molar-refractivity contribution in [3.05, 3.63) is 16.6 Å². The lowest BCUT2D eigenvalue weighted by molar-refractivity contribution is -0.156. The second kappa shape index (κ2) is 12.2. The second-order valence-electron chi connectivity index (χ2n) is 14.8. The molecule has 0 radical (unpaired) electrons. The van der Waals surface area contributed by atoms with E-state index < -0.39 is 27.3 Å². The minimum atomic E-state index is -3.70. The Labute approximate surface area is 269 Å². The number of hydrogen-bond donors (Lipinski definition) is 1. The predicted molar refractivity (Wildman–Crippen MR) is 169 cm³/mol. The van der Waals surface area contributed by atoms with Gasteiger partial charge >= 0.3 is 0 Å². The van der Waals surface area contributed by atoms with E-state index in [9.17, 15) is 27.6 Å². The van der Waals surface area contributed by atoms with E-state index in [1.807, 2.05) is 9.80 Å². The molecule has 0 aromatic carbocycles. The van der Waals surface area contributed by atoms with Gasteiger partial charge in [0.2, 0.25) is 27.7 Å². The van der Waals surface area contributed by atoms with Gasteiger partial charge in [0, 0.05) is 76.2 Å². The first kappa shape index (κ1) is 32.4. The summed E-state index contributed by atoms with van der Waals surface area (Å²) in [5.74, 6) is -0.567. The summed E-state index contributed by atoms with van der Waals surface area (Å²) in [5.41, 5.74) is 1.11. The molecule has 45 heavy (non-hydrogen) atoms. The highest BCUT2D eigenvalue weighted by Crippen LogP contribution is 2.55. The Morgan fingerprint density at radius 3 is 2.24 bits per heavy atom. The summed E-state index contributed by atoms with van der Waals surface area (Å²) in [4.78, 5) is 66.1. The number of carbonyl (C=O) groups excluding carboxylic acids is 4. The minimum Gasteiger partial charge on any atom is -0.341 e. The van der Waals surface area contributed by atoms with E-state index in [2.05, 4.69) is 28.5 Å². The molecule has 12 nitrogen and oxygen atoms in total. The van der Waals surface area contributed by atoms with E-state index >= 15 is 0 Å². The van der Waals surface area contributed by atoms with Gasteiger partial charge in [-0.05, 0) is 30.6 Å². The number of nitrogens with one attached hydrogen (secondary N) is 1.